The van der Waals surface area contributed by atoms with Crippen molar-refractivity contribution >= 4 is 6.21 Å². The normalized spacial score (nSPS) is 11.4. The molecule has 0 saturated carbocycles. The molecule has 0 spiro atoms. The largest absolute Gasteiger partial charge is 0.303 e. The standard InChI is InChI=1S/C6H12N2/c1-4-5-6-7-8(2)3/h4-6H,1-3H3/b5-4-,7-6-. The lowest BCUT2D eigenvalue weighted by atomic mass is 10.6. The Morgan fingerprint density at radius 2 is 2.00 bits per heavy atom. The van der Waals surface area contributed by atoms with E-state index in [1.165, 1.54) is 0 Å². The summed E-state index contributed by atoms with van der Waals surface area (Å²) in [5.74, 6) is 0. The lowest BCUT2D eigenvalue weighted by Gasteiger charge is -1.99. The van der Waals surface area contributed by atoms with E-state index < -0.39 is 0 Å². The Labute approximate surface area is 50.5 Å². The van der Waals surface area contributed by atoms with Crippen molar-refractivity contribution in [1.82, 2.24) is 5.01 Å². The summed E-state index contributed by atoms with van der Waals surface area (Å²) in [6.07, 6.45) is 5.58. The van der Waals surface area contributed by atoms with Crippen LogP contribution in [0.5, 0.6) is 0 Å². The van der Waals surface area contributed by atoms with Gasteiger partial charge in [0.05, 0.1) is 0 Å². The molecule has 8 heavy (non-hydrogen) atoms. The molecule has 0 aliphatic carbocycles. The Kier molecular flexibility index (Phi) is 3.94. The van der Waals surface area contributed by atoms with Gasteiger partial charge in [-0.3, -0.25) is 0 Å². The van der Waals surface area contributed by atoms with Gasteiger partial charge in [0.1, 0.15) is 0 Å². The second kappa shape index (κ2) is 4.37. The van der Waals surface area contributed by atoms with Gasteiger partial charge in [0, 0.05) is 20.3 Å². The van der Waals surface area contributed by atoms with Crippen molar-refractivity contribution in [1.29, 1.82) is 0 Å². The van der Waals surface area contributed by atoms with Crippen LogP contribution in [-0.2, 0) is 0 Å². The maximum atomic E-state index is 3.94. The smallest absolute Gasteiger partial charge is 0.0466 e. The molecular formula is C6H12N2. The second-order valence-electron chi connectivity index (χ2n) is 1.64. The minimum atomic E-state index is 1.75. The Morgan fingerprint density at radius 1 is 1.38 bits per heavy atom. The van der Waals surface area contributed by atoms with E-state index in [1.54, 1.807) is 11.2 Å². The molecule has 0 aliphatic rings. The topological polar surface area (TPSA) is 15.6 Å². The highest BCUT2D eigenvalue weighted by atomic mass is 15.4. The highest BCUT2D eigenvalue weighted by molar-refractivity contribution is 5.70. The van der Waals surface area contributed by atoms with Crippen LogP contribution in [0, 0.1) is 0 Å². The molecule has 46 valence electrons. The van der Waals surface area contributed by atoms with Crippen LogP contribution in [0.25, 0.3) is 0 Å². The predicted octanol–water partition coefficient (Wildman–Crippen LogP) is 1.11. The summed E-state index contributed by atoms with van der Waals surface area (Å²) >= 11 is 0. The molecule has 2 nitrogen and oxygen atoms in total. The van der Waals surface area contributed by atoms with Crippen molar-refractivity contribution < 1.29 is 0 Å². The van der Waals surface area contributed by atoms with Gasteiger partial charge in [-0.05, 0) is 13.0 Å². The molecule has 0 aromatic rings. The fourth-order valence-corrected chi connectivity index (χ4v) is 0.258. The zero-order chi connectivity index (χ0) is 6.41. The molecule has 0 radical (unpaired) electrons. The second-order valence-corrected chi connectivity index (χ2v) is 1.64. The van der Waals surface area contributed by atoms with Crippen LogP contribution in [0.1, 0.15) is 6.92 Å². The predicted molar refractivity (Wildman–Crippen MR) is 37.0 cm³/mol. The molecule has 0 aliphatic heterocycles. The first-order chi connectivity index (χ1) is 3.77. The lowest BCUT2D eigenvalue weighted by Crippen LogP contribution is -2.00. The van der Waals surface area contributed by atoms with Crippen LogP contribution in [0.3, 0.4) is 0 Å². The maximum Gasteiger partial charge on any atom is 0.0466 e. The zero-order valence-corrected chi connectivity index (χ0v) is 5.63. The highest BCUT2D eigenvalue weighted by Gasteiger charge is 1.68. The summed E-state index contributed by atoms with van der Waals surface area (Å²) in [6.45, 7) is 1.96. The zero-order valence-electron chi connectivity index (χ0n) is 5.63. The van der Waals surface area contributed by atoms with Gasteiger partial charge in [-0.1, -0.05) is 6.08 Å². The summed E-state index contributed by atoms with van der Waals surface area (Å²) in [4.78, 5) is 0. The minimum Gasteiger partial charge on any atom is -0.303 e. The summed E-state index contributed by atoms with van der Waals surface area (Å²) in [5.41, 5.74) is 0. The van der Waals surface area contributed by atoms with Crippen LogP contribution in [-0.4, -0.2) is 25.3 Å². The van der Waals surface area contributed by atoms with Gasteiger partial charge in [-0.2, -0.15) is 5.10 Å². The van der Waals surface area contributed by atoms with Gasteiger partial charge in [-0.15, -0.1) is 0 Å². The first-order valence-electron chi connectivity index (χ1n) is 2.60. The summed E-state index contributed by atoms with van der Waals surface area (Å²) < 4.78 is 0. The molecule has 0 atom stereocenters. The van der Waals surface area contributed by atoms with Crippen molar-refractivity contribution in [2.24, 2.45) is 5.10 Å². The van der Waals surface area contributed by atoms with Crippen molar-refractivity contribution in [3.05, 3.63) is 12.2 Å². The summed E-state index contributed by atoms with van der Waals surface area (Å²) in [6, 6.07) is 0. The number of hydrogen-bond donors (Lipinski definition) is 0. The number of hydrogen-bond acceptors (Lipinski definition) is 2. The Morgan fingerprint density at radius 3 is 2.38 bits per heavy atom. The first-order valence-corrected chi connectivity index (χ1v) is 2.60. The molecule has 0 rings (SSSR count). The van der Waals surface area contributed by atoms with E-state index in [1.807, 2.05) is 33.2 Å². The minimum absolute atomic E-state index is 1.75. The third-order valence-electron chi connectivity index (χ3n) is 0.576. The molecule has 0 aromatic carbocycles. The average molecular weight is 112 g/mol. The molecule has 0 saturated heterocycles. The van der Waals surface area contributed by atoms with E-state index in [-0.39, 0.29) is 0 Å². The maximum absolute atomic E-state index is 3.94. The van der Waals surface area contributed by atoms with E-state index in [9.17, 15) is 0 Å². The molecule has 0 bridgehead atoms. The fraction of sp³-hybridized carbons (Fsp3) is 0.500. The third kappa shape index (κ3) is 5.21. The van der Waals surface area contributed by atoms with Gasteiger partial charge in [-0.25, -0.2) is 0 Å². The monoisotopic (exact) mass is 112 g/mol. The van der Waals surface area contributed by atoms with Crippen molar-refractivity contribution in [2.45, 2.75) is 6.92 Å². The Hall–Kier alpha value is -0.790. The number of allylic oxidation sites excluding steroid dienone is 2. The van der Waals surface area contributed by atoms with Crippen LogP contribution < -0.4 is 0 Å². The lowest BCUT2D eigenvalue weighted by molar-refractivity contribution is 0.440. The molecule has 2 heteroatoms. The van der Waals surface area contributed by atoms with E-state index in [0.29, 0.717) is 0 Å². The fourth-order valence-electron chi connectivity index (χ4n) is 0.258. The van der Waals surface area contributed by atoms with Gasteiger partial charge in [0.2, 0.25) is 0 Å². The SMILES string of the molecule is C/C=C\C=N/N(C)C. The molecule has 0 aromatic heterocycles. The molecule has 0 heterocycles. The van der Waals surface area contributed by atoms with E-state index in [2.05, 4.69) is 5.10 Å². The number of nitrogens with zero attached hydrogens (tertiary/aromatic N) is 2. The summed E-state index contributed by atoms with van der Waals surface area (Å²) in [5, 5.41) is 5.69. The Bertz CT molecular complexity index is 92.7. The van der Waals surface area contributed by atoms with Gasteiger partial charge in [0.25, 0.3) is 0 Å². The molecule has 0 amide bonds. The van der Waals surface area contributed by atoms with Gasteiger partial charge in [0.15, 0.2) is 0 Å². The molecule has 0 fully saturated rings. The number of rotatable bonds is 2. The summed E-state index contributed by atoms with van der Waals surface area (Å²) in [7, 11) is 3.78. The average Bonchev–Trinajstić information content (AvgIpc) is 1.66. The highest BCUT2D eigenvalue weighted by Crippen LogP contribution is 1.71. The van der Waals surface area contributed by atoms with Crippen LogP contribution in [0.15, 0.2) is 17.3 Å². The van der Waals surface area contributed by atoms with E-state index in [0.717, 1.165) is 0 Å². The first kappa shape index (κ1) is 7.21. The van der Waals surface area contributed by atoms with Crippen molar-refractivity contribution in [2.75, 3.05) is 14.1 Å². The van der Waals surface area contributed by atoms with Gasteiger partial charge < -0.3 is 5.01 Å². The van der Waals surface area contributed by atoms with E-state index >= 15 is 0 Å². The van der Waals surface area contributed by atoms with Crippen LogP contribution in [0.2, 0.25) is 0 Å². The quantitative estimate of drug-likeness (QED) is 0.386. The van der Waals surface area contributed by atoms with Crippen molar-refractivity contribution in [3.8, 4) is 0 Å². The van der Waals surface area contributed by atoms with E-state index in [4.69, 9.17) is 0 Å². The third-order valence-corrected chi connectivity index (χ3v) is 0.576. The van der Waals surface area contributed by atoms with Gasteiger partial charge >= 0.3 is 0 Å². The molecular weight excluding hydrogens is 100 g/mol. The molecule has 0 unspecified atom stereocenters. The number of hydrazone groups is 1. The van der Waals surface area contributed by atoms with Crippen LogP contribution in [0.4, 0.5) is 0 Å². The van der Waals surface area contributed by atoms with Crippen LogP contribution >= 0.6 is 0 Å². The Balaban J connectivity index is 3.34. The van der Waals surface area contributed by atoms with Crippen molar-refractivity contribution in [3.63, 3.8) is 0 Å². The molecule has 0 N–H and O–H groups in total.